The molecule has 4 rings (SSSR count). The second-order valence-electron chi connectivity index (χ2n) is 7.54. The number of nitrogens with zero attached hydrogens (tertiary/aromatic N) is 1. The molecule has 2 heterocycles. The Kier molecular flexibility index (Phi) is 5.25. The third kappa shape index (κ3) is 3.59. The van der Waals surface area contributed by atoms with Crippen molar-refractivity contribution in [3.05, 3.63) is 58.4 Å². The van der Waals surface area contributed by atoms with Crippen molar-refractivity contribution in [3.63, 3.8) is 0 Å². The molecule has 3 aromatic rings. The van der Waals surface area contributed by atoms with E-state index in [-0.39, 0.29) is 11.8 Å². The topological polar surface area (TPSA) is 64.4 Å². The predicted molar refractivity (Wildman–Crippen MR) is 113 cm³/mol. The molecule has 1 aromatic heterocycles. The molecule has 1 fully saturated rings. The van der Waals surface area contributed by atoms with Crippen molar-refractivity contribution in [2.45, 2.75) is 38.0 Å². The second kappa shape index (κ2) is 7.68. The Hall–Kier alpha value is -2.18. The van der Waals surface area contributed by atoms with E-state index in [9.17, 15) is 4.79 Å². The van der Waals surface area contributed by atoms with Crippen molar-refractivity contribution in [2.24, 2.45) is 0 Å². The zero-order valence-corrected chi connectivity index (χ0v) is 17.6. The van der Waals surface area contributed by atoms with Crippen molar-refractivity contribution in [2.75, 3.05) is 18.5 Å². The van der Waals surface area contributed by atoms with Crippen molar-refractivity contribution >= 4 is 38.6 Å². The van der Waals surface area contributed by atoms with Gasteiger partial charge in [0.05, 0.1) is 5.41 Å². The van der Waals surface area contributed by atoms with Gasteiger partial charge in [0.2, 0.25) is 5.91 Å². The van der Waals surface area contributed by atoms with Crippen LogP contribution in [-0.4, -0.2) is 24.1 Å². The fourth-order valence-electron chi connectivity index (χ4n) is 3.66. The number of hydrogen-bond acceptors (Lipinski definition) is 4. The van der Waals surface area contributed by atoms with Crippen LogP contribution in [0, 0.1) is 0 Å². The molecule has 0 aliphatic carbocycles. The number of ether oxygens (including phenoxy) is 1. The third-order valence-corrected chi connectivity index (χ3v) is 5.86. The summed E-state index contributed by atoms with van der Waals surface area (Å²) < 4.78 is 12.3. The van der Waals surface area contributed by atoms with Gasteiger partial charge in [-0.05, 0) is 48.7 Å². The Labute approximate surface area is 172 Å². The van der Waals surface area contributed by atoms with Crippen molar-refractivity contribution in [1.82, 2.24) is 4.98 Å². The molecule has 28 heavy (non-hydrogen) atoms. The number of amides is 1. The highest BCUT2D eigenvalue weighted by Gasteiger charge is 2.41. The summed E-state index contributed by atoms with van der Waals surface area (Å²) in [7, 11) is 0. The van der Waals surface area contributed by atoms with E-state index in [4.69, 9.17) is 9.15 Å². The first-order chi connectivity index (χ1) is 13.5. The summed E-state index contributed by atoms with van der Waals surface area (Å²) >= 11 is 3.47. The maximum Gasteiger partial charge on any atom is 0.235 e. The summed E-state index contributed by atoms with van der Waals surface area (Å²) in [4.78, 5) is 17.9. The Morgan fingerprint density at radius 1 is 1.14 bits per heavy atom. The minimum atomic E-state index is -0.596. The van der Waals surface area contributed by atoms with Crippen molar-refractivity contribution < 1.29 is 13.9 Å². The summed E-state index contributed by atoms with van der Waals surface area (Å²) in [6.07, 6.45) is 1.31. The molecular weight excluding hydrogens is 420 g/mol. The fourth-order valence-corrected chi connectivity index (χ4v) is 3.92. The number of nitrogens with one attached hydrogen (secondary N) is 1. The van der Waals surface area contributed by atoms with Gasteiger partial charge in [0.25, 0.3) is 0 Å². The van der Waals surface area contributed by atoms with Gasteiger partial charge in [0.1, 0.15) is 5.52 Å². The lowest BCUT2D eigenvalue weighted by Crippen LogP contribution is -2.44. The third-order valence-electron chi connectivity index (χ3n) is 5.33. The average molecular weight is 443 g/mol. The number of benzene rings is 2. The quantitative estimate of drug-likeness (QED) is 0.587. The van der Waals surface area contributed by atoms with Gasteiger partial charge < -0.3 is 14.5 Å². The molecule has 1 aliphatic heterocycles. The molecule has 5 nitrogen and oxygen atoms in total. The van der Waals surface area contributed by atoms with E-state index >= 15 is 0 Å². The number of hydrogen-bond donors (Lipinski definition) is 1. The van der Waals surface area contributed by atoms with Crippen LogP contribution in [0.5, 0.6) is 0 Å². The maximum atomic E-state index is 13.4. The van der Waals surface area contributed by atoms with Gasteiger partial charge in [-0.3, -0.25) is 4.79 Å². The van der Waals surface area contributed by atoms with E-state index in [1.807, 2.05) is 56.3 Å². The van der Waals surface area contributed by atoms with Crippen LogP contribution in [0.15, 0.2) is 51.4 Å². The molecule has 2 aromatic carbocycles. The summed E-state index contributed by atoms with van der Waals surface area (Å²) in [6.45, 7) is 5.23. The Balaban J connectivity index is 1.64. The number of oxazole rings is 1. The highest BCUT2D eigenvalue weighted by molar-refractivity contribution is 9.10. The Morgan fingerprint density at radius 2 is 1.86 bits per heavy atom. The van der Waals surface area contributed by atoms with Crippen LogP contribution in [0.2, 0.25) is 0 Å². The normalized spacial score (nSPS) is 16.4. The fraction of sp³-hybridized carbons (Fsp3) is 0.364. The van der Waals surface area contributed by atoms with E-state index in [0.29, 0.717) is 31.9 Å². The lowest BCUT2D eigenvalue weighted by Gasteiger charge is -2.36. The first kappa shape index (κ1) is 19.2. The number of carbonyl (C=O) groups excluding carboxylic acids is 1. The molecule has 0 atom stereocenters. The number of anilines is 1. The van der Waals surface area contributed by atoms with Crippen LogP contribution in [0.25, 0.3) is 11.1 Å². The predicted octanol–water partition coefficient (Wildman–Crippen LogP) is 5.40. The van der Waals surface area contributed by atoms with Crippen LogP contribution < -0.4 is 5.32 Å². The van der Waals surface area contributed by atoms with Crippen LogP contribution in [0.4, 0.5) is 5.69 Å². The highest BCUT2D eigenvalue weighted by atomic mass is 79.9. The highest BCUT2D eigenvalue weighted by Crippen LogP contribution is 2.37. The summed E-state index contributed by atoms with van der Waals surface area (Å²) in [5.41, 5.74) is 2.63. The average Bonchev–Trinajstić information content (AvgIpc) is 3.13. The SMILES string of the molecule is CC(C)c1nc2cc(NC(=O)C3(c4ccc(Br)cc4)CCOCC3)ccc2o1. The largest absolute Gasteiger partial charge is 0.440 e. The van der Waals surface area contributed by atoms with Gasteiger partial charge in [0.15, 0.2) is 11.5 Å². The van der Waals surface area contributed by atoms with Crippen LogP contribution in [-0.2, 0) is 14.9 Å². The van der Waals surface area contributed by atoms with E-state index in [1.54, 1.807) is 0 Å². The van der Waals surface area contributed by atoms with Gasteiger partial charge in [0, 0.05) is 29.3 Å². The number of aromatic nitrogens is 1. The standard InChI is InChI=1S/C22H23BrN2O3/c1-14(2)20-25-18-13-17(7-8-19(18)28-20)24-21(26)22(9-11-27-12-10-22)15-3-5-16(23)6-4-15/h3-8,13-14H,9-12H2,1-2H3,(H,24,26). The summed E-state index contributed by atoms with van der Waals surface area (Å²) in [6, 6.07) is 13.6. The zero-order valence-electron chi connectivity index (χ0n) is 16.0. The maximum absolute atomic E-state index is 13.4. The van der Waals surface area contributed by atoms with E-state index < -0.39 is 5.41 Å². The molecule has 1 aliphatic rings. The lowest BCUT2D eigenvalue weighted by atomic mass is 9.73. The zero-order chi connectivity index (χ0) is 19.7. The van der Waals surface area contributed by atoms with Gasteiger partial charge in [-0.1, -0.05) is 41.9 Å². The van der Waals surface area contributed by atoms with Crippen molar-refractivity contribution in [3.8, 4) is 0 Å². The Morgan fingerprint density at radius 3 is 2.54 bits per heavy atom. The minimum Gasteiger partial charge on any atom is -0.440 e. The molecule has 0 saturated carbocycles. The van der Waals surface area contributed by atoms with Crippen LogP contribution >= 0.6 is 15.9 Å². The molecule has 0 spiro atoms. The molecular formula is C22H23BrN2O3. The summed E-state index contributed by atoms with van der Waals surface area (Å²) in [5.74, 6) is 0.910. The molecule has 1 saturated heterocycles. The number of halogens is 1. The monoisotopic (exact) mass is 442 g/mol. The van der Waals surface area contributed by atoms with E-state index in [1.165, 1.54) is 0 Å². The first-order valence-corrected chi connectivity index (χ1v) is 10.3. The molecule has 1 amide bonds. The van der Waals surface area contributed by atoms with Gasteiger partial charge in [-0.25, -0.2) is 4.98 Å². The second-order valence-corrected chi connectivity index (χ2v) is 8.46. The van der Waals surface area contributed by atoms with Gasteiger partial charge in [-0.2, -0.15) is 0 Å². The van der Waals surface area contributed by atoms with Crippen molar-refractivity contribution in [1.29, 1.82) is 0 Å². The van der Waals surface area contributed by atoms with E-state index in [0.717, 1.165) is 26.8 Å². The molecule has 0 radical (unpaired) electrons. The molecule has 0 unspecified atom stereocenters. The van der Waals surface area contributed by atoms with Crippen LogP contribution in [0.3, 0.4) is 0 Å². The van der Waals surface area contributed by atoms with E-state index in [2.05, 4.69) is 26.2 Å². The molecule has 0 bridgehead atoms. The lowest BCUT2D eigenvalue weighted by molar-refractivity contribution is -0.125. The Bertz CT molecular complexity index is 989. The molecule has 6 heteroatoms. The molecule has 146 valence electrons. The first-order valence-electron chi connectivity index (χ1n) is 9.54. The number of carbonyl (C=O) groups is 1. The number of rotatable bonds is 4. The smallest absolute Gasteiger partial charge is 0.235 e. The van der Waals surface area contributed by atoms with Gasteiger partial charge >= 0.3 is 0 Å². The minimum absolute atomic E-state index is 0.00921. The molecule has 1 N–H and O–H groups in total. The van der Waals surface area contributed by atoms with Gasteiger partial charge in [-0.15, -0.1) is 0 Å². The number of fused-ring (bicyclic) bond motifs is 1. The summed E-state index contributed by atoms with van der Waals surface area (Å²) in [5, 5.41) is 3.11. The van der Waals surface area contributed by atoms with Crippen LogP contribution in [0.1, 0.15) is 44.1 Å².